The molecule has 0 aliphatic heterocycles. The van der Waals surface area contributed by atoms with E-state index in [1.165, 1.54) is 18.8 Å². The fourth-order valence-electron chi connectivity index (χ4n) is 2.26. The lowest BCUT2D eigenvalue weighted by Crippen LogP contribution is -2.41. The second-order valence-electron chi connectivity index (χ2n) is 6.26. The maximum atomic E-state index is 12.1. The number of nitrogens with zero attached hydrogens (tertiary/aromatic N) is 3. The number of thioether (sulfide) groups is 1. The van der Waals surface area contributed by atoms with Gasteiger partial charge in [0, 0.05) is 24.2 Å². The number of benzene rings is 1. The first-order chi connectivity index (χ1) is 12.7. The fraction of sp³-hybridized carbons (Fsp3) is 0.412. The van der Waals surface area contributed by atoms with Crippen LogP contribution in [0.2, 0.25) is 10.0 Å². The molecule has 0 aliphatic rings. The first kappa shape index (κ1) is 21.5. The molecule has 1 aromatic carbocycles. The summed E-state index contributed by atoms with van der Waals surface area (Å²) in [5.74, 6) is 0.511. The summed E-state index contributed by atoms with van der Waals surface area (Å²) in [5.41, 5.74) is 0.712. The highest BCUT2D eigenvalue weighted by molar-refractivity contribution is 8.00. The number of aromatic nitrogens is 3. The molecule has 146 valence electrons. The van der Waals surface area contributed by atoms with Crippen molar-refractivity contribution in [3.05, 3.63) is 28.2 Å². The van der Waals surface area contributed by atoms with E-state index < -0.39 is 17.2 Å². The summed E-state index contributed by atoms with van der Waals surface area (Å²) in [6.07, 6.45) is 0. The Morgan fingerprint density at radius 3 is 2.52 bits per heavy atom. The molecule has 2 rings (SSSR count). The van der Waals surface area contributed by atoms with Gasteiger partial charge in [-0.15, -0.1) is 10.2 Å². The van der Waals surface area contributed by atoms with Crippen LogP contribution in [0.15, 0.2) is 23.4 Å². The van der Waals surface area contributed by atoms with Crippen LogP contribution < -0.4 is 10.6 Å². The normalized spacial score (nSPS) is 12.1. The average molecular weight is 430 g/mol. The van der Waals surface area contributed by atoms with E-state index in [2.05, 4.69) is 34.7 Å². The van der Waals surface area contributed by atoms with Gasteiger partial charge in [-0.3, -0.25) is 10.1 Å². The zero-order valence-electron chi connectivity index (χ0n) is 15.4. The minimum absolute atomic E-state index is 0.320. The number of imide groups is 1. The average Bonchev–Trinajstić information content (AvgIpc) is 2.96. The Morgan fingerprint density at radius 2 is 1.93 bits per heavy atom. The third kappa shape index (κ3) is 5.60. The number of carbonyl (C=O) groups excluding carboxylic acids is 2. The summed E-state index contributed by atoms with van der Waals surface area (Å²) in [5, 5.41) is 14.2. The monoisotopic (exact) mass is 429 g/mol. The summed E-state index contributed by atoms with van der Waals surface area (Å²) in [7, 11) is 1.45. The van der Waals surface area contributed by atoms with Crippen LogP contribution in [0.5, 0.6) is 0 Å². The van der Waals surface area contributed by atoms with Crippen molar-refractivity contribution >= 4 is 46.9 Å². The van der Waals surface area contributed by atoms with Gasteiger partial charge in [-0.05, 0) is 31.0 Å². The summed E-state index contributed by atoms with van der Waals surface area (Å²) in [6.45, 7) is 6.49. The molecule has 27 heavy (non-hydrogen) atoms. The molecule has 3 amide bonds. The SMILES string of the molecule is CNC(=O)NC(=O)[C@@H](C)Sc1nnc(-c2ccc(Cl)cc2Cl)n1CC(C)C. The van der Waals surface area contributed by atoms with Crippen molar-refractivity contribution in [2.45, 2.75) is 37.7 Å². The number of carbonyl (C=O) groups is 2. The van der Waals surface area contributed by atoms with Gasteiger partial charge in [-0.25, -0.2) is 4.79 Å². The fourth-order valence-corrected chi connectivity index (χ4v) is 3.61. The minimum atomic E-state index is -0.551. The molecular weight excluding hydrogens is 409 g/mol. The second-order valence-corrected chi connectivity index (χ2v) is 8.41. The number of urea groups is 1. The van der Waals surface area contributed by atoms with Crippen molar-refractivity contribution in [3.8, 4) is 11.4 Å². The molecule has 0 radical (unpaired) electrons. The Bertz CT molecular complexity index is 841. The number of amides is 3. The van der Waals surface area contributed by atoms with Crippen molar-refractivity contribution in [2.24, 2.45) is 5.92 Å². The lowest BCUT2D eigenvalue weighted by Gasteiger charge is -2.15. The van der Waals surface area contributed by atoms with E-state index in [1.807, 2.05) is 4.57 Å². The highest BCUT2D eigenvalue weighted by Crippen LogP contribution is 2.33. The summed E-state index contributed by atoms with van der Waals surface area (Å²) < 4.78 is 1.92. The molecule has 1 atom stereocenters. The quantitative estimate of drug-likeness (QED) is 0.680. The molecule has 1 aromatic heterocycles. The van der Waals surface area contributed by atoms with Gasteiger partial charge < -0.3 is 9.88 Å². The van der Waals surface area contributed by atoms with Gasteiger partial charge >= 0.3 is 6.03 Å². The molecule has 0 fully saturated rings. The van der Waals surface area contributed by atoms with Gasteiger partial charge in [0.2, 0.25) is 5.91 Å². The first-order valence-electron chi connectivity index (χ1n) is 8.30. The van der Waals surface area contributed by atoms with Gasteiger partial charge in [-0.2, -0.15) is 0 Å². The predicted octanol–water partition coefficient (Wildman–Crippen LogP) is 3.84. The van der Waals surface area contributed by atoms with E-state index in [9.17, 15) is 9.59 Å². The molecule has 10 heteroatoms. The number of rotatable bonds is 6. The molecule has 0 saturated heterocycles. The maximum absolute atomic E-state index is 12.1. The van der Waals surface area contributed by atoms with E-state index in [0.29, 0.717) is 39.1 Å². The summed E-state index contributed by atoms with van der Waals surface area (Å²) in [4.78, 5) is 23.5. The lowest BCUT2D eigenvalue weighted by atomic mass is 10.2. The molecule has 7 nitrogen and oxygen atoms in total. The van der Waals surface area contributed by atoms with Crippen molar-refractivity contribution in [1.82, 2.24) is 25.4 Å². The largest absolute Gasteiger partial charge is 0.341 e. The molecule has 2 aromatic rings. The van der Waals surface area contributed by atoms with Crippen molar-refractivity contribution in [1.29, 1.82) is 0 Å². The van der Waals surface area contributed by atoms with Crippen LogP contribution in [0.1, 0.15) is 20.8 Å². The molecule has 0 aliphatic carbocycles. The van der Waals surface area contributed by atoms with Crippen LogP contribution in [0.3, 0.4) is 0 Å². The van der Waals surface area contributed by atoms with Crippen molar-refractivity contribution in [3.63, 3.8) is 0 Å². The second kappa shape index (κ2) is 9.43. The topological polar surface area (TPSA) is 88.9 Å². The van der Waals surface area contributed by atoms with Crippen LogP contribution in [-0.4, -0.2) is 39.0 Å². The Hall–Kier alpha value is -1.77. The maximum Gasteiger partial charge on any atom is 0.321 e. The van der Waals surface area contributed by atoms with E-state index in [-0.39, 0.29) is 0 Å². The Balaban J connectivity index is 2.33. The third-order valence-corrected chi connectivity index (χ3v) is 5.18. The van der Waals surface area contributed by atoms with Gasteiger partial charge in [0.1, 0.15) is 0 Å². The Morgan fingerprint density at radius 1 is 1.22 bits per heavy atom. The van der Waals surface area contributed by atoms with Crippen LogP contribution in [0.4, 0.5) is 4.79 Å². The lowest BCUT2D eigenvalue weighted by molar-refractivity contribution is -0.119. The predicted molar refractivity (Wildman–Crippen MR) is 108 cm³/mol. The summed E-state index contributed by atoms with van der Waals surface area (Å²) in [6, 6.07) is 4.63. The number of hydrogen-bond donors (Lipinski definition) is 2. The zero-order valence-corrected chi connectivity index (χ0v) is 17.7. The molecule has 0 unspecified atom stereocenters. The highest BCUT2D eigenvalue weighted by Gasteiger charge is 2.23. The molecule has 0 saturated carbocycles. The van der Waals surface area contributed by atoms with E-state index in [1.54, 1.807) is 25.1 Å². The summed E-state index contributed by atoms with van der Waals surface area (Å²) >= 11 is 13.5. The van der Waals surface area contributed by atoms with Gasteiger partial charge in [0.05, 0.1) is 10.3 Å². The molecule has 0 spiro atoms. The van der Waals surface area contributed by atoms with Crippen molar-refractivity contribution in [2.75, 3.05) is 7.05 Å². The van der Waals surface area contributed by atoms with E-state index in [0.717, 1.165) is 0 Å². The first-order valence-corrected chi connectivity index (χ1v) is 9.94. The molecular formula is C17H21Cl2N5O2S. The van der Waals surface area contributed by atoms with E-state index in [4.69, 9.17) is 23.2 Å². The van der Waals surface area contributed by atoms with Crippen LogP contribution in [0, 0.1) is 5.92 Å². The number of halogens is 2. The van der Waals surface area contributed by atoms with Crippen molar-refractivity contribution < 1.29 is 9.59 Å². The van der Waals surface area contributed by atoms with Gasteiger partial charge in [-0.1, -0.05) is 48.8 Å². The van der Waals surface area contributed by atoms with Gasteiger partial charge in [0.15, 0.2) is 11.0 Å². The number of hydrogen-bond acceptors (Lipinski definition) is 5. The highest BCUT2D eigenvalue weighted by atomic mass is 35.5. The smallest absolute Gasteiger partial charge is 0.321 e. The molecule has 0 bridgehead atoms. The Labute approximate surface area is 172 Å². The third-order valence-electron chi connectivity index (χ3n) is 3.55. The van der Waals surface area contributed by atoms with Gasteiger partial charge in [0.25, 0.3) is 0 Å². The number of nitrogens with one attached hydrogen (secondary N) is 2. The Kier molecular flexibility index (Phi) is 7.52. The zero-order chi connectivity index (χ0) is 20.1. The van der Waals surface area contributed by atoms with Crippen LogP contribution >= 0.6 is 35.0 Å². The van der Waals surface area contributed by atoms with Crippen LogP contribution in [-0.2, 0) is 11.3 Å². The molecule has 1 heterocycles. The van der Waals surface area contributed by atoms with E-state index >= 15 is 0 Å². The minimum Gasteiger partial charge on any atom is -0.341 e. The standard InChI is InChI=1S/C17H21Cl2N5O2S/c1-9(2)8-24-14(12-6-5-11(18)7-13(12)19)22-23-17(24)27-10(3)15(25)21-16(26)20-4/h5-7,9-10H,8H2,1-4H3,(H2,20,21,25,26)/t10-/m1/s1. The molecule has 2 N–H and O–H groups in total. The van der Waals surface area contributed by atoms with Crippen LogP contribution in [0.25, 0.3) is 11.4 Å².